The summed E-state index contributed by atoms with van der Waals surface area (Å²) in [5.41, 5.74) is 2.74. The van der Waals surface area contributed by atoms with Crippen LogP contribution in [-0.2, 0) is 11.2 Å². The number of carboxylic acid groups (broad SMARTS) is 1. The summed E-state index contributed by atoms with van der Waals surface area (Å²) < 4.78 is 0. The second-order valence-electron chi connectivity index (χ2n) is 5.80. The molecule has 2 aromatic rings. The van der Waals surface area contributed by atoms with Crippen molar-refractivity contribution < 1.29 is 14.7 Å². The lowest BCUT2D eigenvalue weighted by Gasteiger charge is -2.26. The monoisotopic (exact) mass is 341 g/mol. The third kappa shape index (κ3) is 3.79. The van der Waals surface area contributed by atoms with Crippen LogP contribution in [0, 0.1) is 0 Å². The quantitative estimate of drug-likeness (QED) is 0.814. The smallest absolute Gasteiger partial charge is 0.336 e. The molecule has 1 unspecified atom stereocenters. The van der Waals surface area contributed by atoms with E-state index in [2.05, 4.69) is 17.4 Å². The van der Waals surface area contributed by atoms with E-state index in [0.717, 1.165) is 19.3 Å². The van der Waals surface area contributed by atoms with Gasteiger partial charge in [0.2, 0.25) is 5.91 Å². The summed E-state index contributed by atoms with van der Waals surface area (Å²) in [5.74, 6) is -0.829. The van der Waals surface area contributed by atoms with Gasteiger partial charge in [0, 0.05) is 4.90 Å². The van der Waals surface area contributed by atoms with Crippen molar-refractivity contribution in [2.24, 2.45) is 0 Å². The summed E-state index contributed by atoms with van der Waals surface area (Å²) in [6.07, 6.45) is 3.07. The number of carbonyl (C=O) groups excluding carboxylic acids is 1. The van der Waals surface area contributed by atoms with E-state index in [1.165, 1.54) is 22.9 Å². The highest BCUT2D eigenvalue weighted by Gasteiger charge is 2.21. The molecule has 0 fully saturated rings. The molecule has 1 aliphatic rings. The number of carbonyl (C=O) groups is 2. The van der Waals surface area contributed by atoms with Gasteiger partial charge in [-0.3, -0.25) is 4.79 Å². The lowest BCUT2D eigenvalue weighted by Crippen LogP contribution is -2.32. The van der Waals surface area contributed by atoms with E-state index < -0.39 is 5.97 Å². The number of carboxylic acids is 1. The fourth-order valence-corrected chi connectivity index (χ4v) is 3.91. The van der Waals surface area contributed by atoms with E-state index in [-0.39, 0.29) is 23.3 Å². The number of hydrogen-bond acceptors (Lipinski definition) is 3. The first-order valence-corrected chi connectivity index (χ1v) is 8.96. The van der Waals surface area contributed by atoms with Gasteiger partial charge in [0.1, 0.15) is 0 Å². The second kappa shape index (κ2) is 7.53. The average Bonchev–Trinajstić information content (AvgIpc) is 2.60. The summed E-state index contributed by atoms with van der Waals surface area (Å²) in [6, 6.07) is 15.0. The molecule has 0 bridgehead atoms. The number of hydrogen-bond donors (Lipinski definition) is 2. The molecule has 0 heterocycles. The highest BCUT2D eigenvalue weighted by atomic mass is 32.2. The lowest BCUT2D eigenvalue weighted by atomic mass is 9.88. The average molecular weight is 341 g/mol. The van der Waals surface area contributed by atoms with Gasteiger partial charge in [-0.15, -0.1) is 11.8 Å². The highest BCUT2D eigenvalue weighted by Crippen LogP contribution is 2.30. The van der Waals surface area contributed by atoms with Crippen molar-refractivity contribution in [3.05, 3.63) is 65.2 Å². The molecule has 24 heavy (non-hydrogen) atoms. The Kier molecular flexibility index (Phi) is 5.20. The Balaban J connectivity index is 1.62. The molecule has 0 aromatic heterocycles. The van der Waals surface area contributed by atoms with Crippen molar-refractivity contribution in [2.45, 2.75) is 30.2 Å². The maximum absolute atomic E-state index is 12.3. The molecule has 0 saturated carbocycles. The number of fused-ring (bicyclic) bond motifs is 1. The van der Waals surface area contributed by atoms with Crippen LogP contribution in [0.15, 0.2) is 53.4 Å². The molecule has 1 atom stereocenters. The topological polar surface area (TPSA) is 66.4 Å². The van der Waals surface area contributed by atoms with Crippen LogP contribution in [0.4, 0.5) is 0 Å². The van der Waals surface area contributed by atoms with Crippen molar-refractivity contribution >= 4 is 23.6 Å². The maximum Gasteiger partial charge on any atom is 0.336 e. The Morgan fingerprint density at radius 2 is 1.88 bits per heavy atom. The predicted molar refractivity (Wildman–Crippen MR) is 94.4 cm³/mol. The Morgan fingerprint density at radius 3 is 2.71 bits per heavy atom. The highest BCUT2D eigenvalue weighted by molar-refractivity contribution is 8.00. The van der Waals surface area contributed by atoms with Crippen LogP contribution in [0.2, 0.25) is 0 Å². The molecular weight excluding hydrogens is 322 g/mol. The maximum atomic E-state index is 12.3. The van der Waals surface area contributed by atoms with Gasteiger partial charge >= 0.3 is 5.97 Å². The molecule has 1 amide bonds. The Morgan fingerprint density at radius 1 is 1.12 bits per heavy atom. The van der Waals surface area contributed by atoms with Crippen LogP contribution >= 0.6 is 11.8 Å². The Labute approximate surface area is 145 Å². The van der Waals surface area contributed by atoms with E-state index in [4.69, 9.17) is 0 Å². The van der Waals surface area contributed by atoms with E-state index in [9.17, 15) is 14.7 Å². The number of nitrogens with one attached hydrogen (secondary N) is 1. The minimum Gasteiger partial charge on any atom is -0.478 e. The number of aromatic carboxylic acids is 1. The zero-order chi connectivity index (χ0) is 16.9. The standard InChI is InChI=1S/C19H19NO3S/c21-18(12-24-17-11-4-3-9-15(17)19(22)23)20-16-10-5-7-13-6-1-2-8-14(13)16/h1-4,6,8-9,11,16H,5,7,10,12H2,(H,20,21)(H,22,23). The number of benzene rings is 2. The lowest BCUT2D eigenvalue weighted by molar-refractivity contribution is -0.119. The van der Waals surface area contributed by atoms with Crippen molar-refractivity contribution in [1.29, 1.82) is 0 Å². The summed E-state index contributed by atoms with van der Waals surface area (Å²) in [5, 5.41) is 12.3. The van der Waals surface area contributed by atoms with Gasteiger partial charge in [0.25, 0.3) is 0 Å². The van der Waals surface area contributed by atoms with Crippen molar-refractivity contribution in [3.63, 3.8) is 0 Å². The van der Waals surface area contributed by atoms with E-state index in [0.29, 0.717) is 4.90 Å². The first-order chi connectivity index (χ1) is 11.6. The molecule has 124 valence electrons. The molecule has 0 saturated heterocycles. The summed E-state index contributed by atoms with van der Waals surface area (Å²) in [7, 11) is 0. The normalized spacial score (nSPS) is 16.2. The number of rotatable bonds is 5. The van der Waals surface area contributed by atoms with Crippen LogP contribution in [0.5, 0.6) is 0 Å². The van der Waals surface area contributed by atoms with Crippen LogP contribution in [0.25, 0.3) is 0 Å². The number of aryl methyl sites for hydroxylation is 1. The van der Waals surface area contributed by atoms with Gasteiger partial charge < -0.3 is 10.4 Å². The number of amides is 1. The number of thioether (sulfide) groups is 1. The van der Waals surface area contributed by atoms with Gasteiger partial charge in [0.05, 0.1) is 17.4 Å². The third-order valence-corrected chi connectivity index (χ3v) is 5.25. The zero-order valence-electron chi connectivity index (χ0n) is 13.2. The molecule has 0 aliphatic heterocycles. The van der Waals surface area contributed by atoms with Crippen molar-refractivity contribution in [1.82, 2.24) is 5.32 Å². The summed E-state index contributed by atoms with van der Waals surface area (Å²) in [6.45, 7) is 0. The van der Waals surface area contributed by atoms with E-state index in [1.54, 1.807) is 24.3 Å². The SMILES string of the molecule is O=C(CSc1ccccc1C(=O)O)NC1CCCc2ccccc21. The molecular formula is C19H19NO3S. The minimum absolute atomic E-state index is 0.0535. The molecule has 5 heteroatoms. The van der Waals surface area contributed by atoms with Crippen LogP contribution in [0.3, 0.4) is 0 Å². The van der Waals surface area contributed by atoms with Crippen LogP contribution in [-0.4, -0.2) is 22.7 Å². The second-order valence-corrected chi connectivity index (χ2v) is 6.82. The first kappa shape index (κ1) is 16.6. The summed E-state index contributed by atoms with van der Waals surface area (Å²) >= 11 is 1.26. The largest absolute Gasteiger partial charge is 0.478 e. The van der Waals surface area contributed by atoms with Gasteiger partial charge in [-0.1, -0.05) is 36.4 Å². The fourth-order valence-electron chi connectivity index (χ4n) is 3.05. The van der Waals surface area contributed by atoms with Gasteiger partial charge in [0.15, 0.2) is 0 Å². The van der Waals surface area contributed by atoms with Crippen molar-refractivity contribution in [3.8, 4) is 0 Å². The van der Waals surface area contributed by atoms with Gasteiger partial charge in [-0.25, -0.2) is 4.79 Å². The molecule has 4 nitrogen and oxygen atoms in total. The molecule has 2 aromatic carbocycles. The third-order valence-electron chi connectivity index (χ3n) is 4.18. The zero-order valence-corrected chi connectivity index (χ0v) is 14.0. The first-order valence-electron chi connectivity index (χ1n) is 7.97. The minimum atomic E-state index is -0.972. The molecule has 2 N–H and O–H groups in total. The van der Waals surface area contributed by atoms with E-state index >= 15 is 0 Å². The van der Waals surface area contributed by atoms with Crippen molar-refractivity contribution in [2.75, 3.05) is 5.75 Å². The van der Waals surface area contributed by atoms with Crippen LogP contribution in [0.1, 0.15) is 40.4 Å². The van der Waals surface area contributed by atoms with Gasteiger partial charge in [-0.05, 0) is 42.5 Å². The Bertz CT molecular complexity index is 760. The van der Waals surface area contributed by atoms with E-state index in [1.807, 2.05) is 12.1 Å². The molecule has 0 spiro atoms. The molecule has 0 radical (unpaired) electrons. The van der Waals surface area contributed by atoms with Gasteiger partial charge in [-0.2, -0.15) is 0 Å². The fraction of sp³-hybridized carbons (Fsp3) is 0.263. The van der Waals surface area contributed by atoms with Crippen LogP contribution < -0.4 is 5.32 Å². The predicted octanol–water partition coefficient (Wildman–Crippen LogP) is 3.67. The Hall–Kier alpha value is -2.27. The molecule has 3 rings (SSSR count). The summed E-state index contributed by atoms with van der Waals surface area (Å²) in [4.78, 5) is 24.1. The molecule has 1 aliphatic carbocycles.